The number of aryl methyl sites for hydroxylation is 2. The zero-order valence-electron chi connectivity index (χ0n) is 11.8. The van der Waals surface area contributed by atoms with Gasteiger partial charge < -0.3 is 10.4 Å². The van der Waals surface area contributed by atoms with Crippen LogP contribution in [0.3, 0.4) is 0 Å². The molecular weight excluding hydrogens is 246 g/mol. The number of rotatable bonds is 3. The van der Waals surface area contributed by atoms with Gasteiger partial charge in [-0.3, -0.25) is 0 Å². The molecule has 0 fully saturated rings. The minimum absolute atomic E-state index is 0.180. The normalized spacial score (nSPS) is 16.1. The molecular formula is C18H21NO. The fourth-order valence-electron chi connectivity index (χ4n) is 3.03. The lowest BCUT2D eigenvalue weighted by molar-refractivity contribution is 0.188. The third-order valence-corrected chi connectivity index (χ3v) is 4.01. The summed E-state index contributed by atoms with van der Waals surface area (Å²) in [7, 11) is 0. The maximum Gasteiger partial charge on any atom is 0.0636 e. The number of hydrogen-bond donors (Lipinski definition) is 2. The van der Waals surface area contributed by atoms with Gasteiger partial charge in [0.05, 0.1) is 12.1 Å². The molecule has 1 atom stereocenters. The molecule has 0 aliphatic heterocycles. The maximum absolute atomic E-state index is 9.59. The highest BCUT2D eigenvalue weighted by Gasteiger charge is 2.22. The molecule has 0 radical (unpaired) electrons. The van der Waals surface area contributed by atoms with Crippen molar-refractivity contribution in [2.24, 2.45) is 0 Å². The molecule has 3 rings (SSSR count). The second-order valence-corrected chi connectivity index (χ2v) is 5.59. The molecule has 0 bridgehead atoms. The Morgan fingerprint density at radius 3 is 2.00 bits per heavy atom. The van der Waals surface area contributed by atoms with Crippen molar-refractivity contribution in [3.8, 4) is 0 Å². The predicted molar refractivity (Wildman–Crippen MR) is 81.8 cm³/mol. The van der Waals surface area contributed by atoms with Gasteiger partial charge in [-0.25, -0.2) is 0 Å². The molecule has 1 aliphatic rings. The van der Waals surface area contributed by atoms with Gasteiger partial charge in [0, 0.05) is 6.54 Å². The predicted octanol–water partition coefficient (Wildman–Crippen LogP) is 2.85. The van der Waals surface area contributed by atoms with Crippen LogP contribution in [0.4, 0.5) is 0 Å². The van der Waals surface area contributed by atoms with Crippen molar-refractivity contribution in [3.05, 3.63) is 70.8 Å². The SMILES string of the molecule is CC(O)CNC1c2ccccc2CCc2ccccc21. The van der Waals surface area contributed by atoms with Gasteiger partial charge in [-0.15, -0.1) is 0 Å². The molecule has 0 amide bonds. The Morgan fingerprint density at radius 2 is 1.50 bits per heavy atom. The Balaban J connectivity index is 2.04. The highest BCUT2D eigenvalue weighted by Crippen LogP contribution is 2.32. The van der Waals surface area contributed by atoms with Gasteiger partial charge in [-0.2, -0.15) is 0 Å². The quantitative estimate of drug-likeness (QED) is 0.896. The van der Waals surface area contributed by atoms with E-state index >= 15 is 0 Å². The van der Waals surface area contributed by atoms with Crippen LogP contribution in [-0.4, -0.2) is 17.8 Å². The van der Waals surface area contributed by atoms with Crippen LogP contribution in [0.25, 0.3) is 0 Å². The Labute approximate surface area is 120 Å². The number of nitrogens with one attached hydrogen (secondary N) is 1. The van der Waals surface area contributed by atoms with Gasteiger partial charge in [0.25, 0.3) is 0 Å². The minimum Gasteiger partial charge on any atom is -0.392 e. The van der Waals surface area contributed by atoms with E-state index in [1.807, 2.05) is 6.92 Å². The van der Waals surface area contributed by atoms with Gasteiger partial charge in [0.1, 0.15) is 0 Å². The molecule has 20 heavy (non-hydrogen) atoms. The molecule has 1 aliphatic carbocycles. The van der Waals surface area contributed by atoms with Crippen LogP contribution in [0.15, 0.2) is 48.5 Å². The van der Waals surface area contributed by atoms with Crippen molar-refractivity contribution in [1.82, 2.24) is 5.32 Å². The zero-order chi connectivity index (χ0) is 13.9. The van der Waals surface area contributed by atoms with Crippen molar-refractivity contribution < 1.29 is 5.11 Å². The summed E-state index contributed by atoms with van der Waals surface area (Å²) in [4.78, 5) is 0. The lowest BCUT2D eigenvalue weighted by atomic mass is 9.94. The van der Waals surface area contributed by atoms with E-state index in [2.05, 4.69) is 53.8 Å². The molecule has 0 saturated carbocycles. The van der Waals surface area contributed by atoms with Crippen LogP contribution in [0, 0.1) is 0 Å². The molecule has 2 N–H and O–H groups in total. The summed E-state index contributed by atoms with van der Waals surface area (Å²) in [6.45, 7) is 2.43. The first-order chi connectivity index (χ1) is 9.75. The van der Waals surface area contributed by atoms with Crippen molar-refractivity contribution in [3.63, 3.8) is 0 Å². The van der Waals surface area contributed by atoms with E-state index in [-0.39, 0.29) is 12.1 Å². The average molecular weight is 267 g/mol. The van der Waals surface area contributed by atoms with Gasteiger partial charge in [0.2, 0.25) is 0 Å². The molecule has 2 aromatic rings. The summed E-state index contributed by atoms with van der Waals surface area (Å²) in [6.07, 6.45) is 1.83. The maximum atomic E-state index is 9.59. The second-order valence-electron chi connectivity index (χ2n) is 5.59. The monoisotopic (exact) mass is 267 g/mol. The first-order valence-electron chi connectivity index (χ1n) is 7.33. The summed E-state index contributed by atoms with van der Waals surface area (Å²) in [5, 5.41) is 13.1. The Bertz CT molecular complexity index is 544. The van der Waals surface area contributed by atoms with Crippen LogP contribution in [0.2, 0.25) is 0 Å². The largest absolute Gasteiger partial charge is 0.392 e. The van der Waals surface area contributed by atoms with E-state index in [9.17, 15) is 5.11 Å². The first-order valence-corrected chi connectivity index (χ1v) is 7.33. The lowest BCUT2D eigenvalue weighted by Crippen LogP contribution is -2.30. The third-order valence-electron chi connectivity index (χ3n) is 4.01. The fraction of sp³-hybridized carbons (Fsp3) is 0.333. The van der Waals surface area contributed by atoms with E-state index in [1.54, 1.807) is 0 Å². The van der Waals surface area contributed by atoms with Crippen LogP contribution in [0.5, 0.6) is 0 Å². The van der Waals surface area contributed by atoms with E-state index in [0.717, 1.165) is 12.8 Å². The highest BCUT2D eigenvalue weighted by atomic mass is 16.3. The number of aliphatic hydroxyl groups excluding tert-OH is 1. The van der Waals surface area contributed by atoms with Crippen LogP contribution >= 0.6 is 0 Å². The number of hydrogen-bond acceptors (Lipinski definition) is 2. The summed E-state index contributed by atoms with van der Waals surface area (Å²) in [5.74, 6) is 0. The number of benzene rings is 2. The van der Waals surface area contributed by atoms with E-state index in [4.69, 9.17) is 0 Å². The molecule has 1 unspecified atom stereocenters. The average Bonchev–Trinajstić information content (AvgIpc) is 2.62. The van der Waals surface area contributed by atoms with Crippen LogP contribution in [-0.2, 0) is 12.8 Å². The molecule has 104 valence electrons. The van der Waals surface area contributed by atoms with Crippen molar-refractivity contribution in [2.75, 3.05) is 6.54 Å². The second kappa shape index (κ2) is 5.78. The Morgan fingerprint density at radius 1 is 1.00 bits per heavy atom. The zero-order valence-corrected chi connectivity index (χ0v) is 11.8. The van der Waals surface area contributed by atoms with Gasteiger partial charge in [-0.05, 0) is 42.0 Å². The first kappa shape index (κ1) is 13.3. The molecule has 0 heterocycles. The molecule has 2 aromatic carbocycles. The summed E-state index contributed by atoms with van der Waals surface area (Å²) in [5.41, 5.74) is 5.51. The number of fused-ring (bicyclic) bond motifs is 2. The molecule has 0 aromatic heterocycles. The molecule has 0 saturated heterocycles. The van der Waals surface area contributed by atoms with Gasteiger partial charge in [0.15, 0.2) is 0 Å². The van der Waals surface area contributed by atoms with E-state index in [1.165, 1.54) is 22.3 Å². The standard InChI is InChI=1S/C18H21NO/c1-13(20)12-19-18-16-8-4-2-6-14(16)10-11-15-7-3-5-9-17(15)18/h2-9,13,18-20H,10-12H2,1H3. The number of aliphatic hydroxyl groups is 1. The van der Waals surface area contributed by atoms with Crippen molar-refractivity contribution >= 4 is 0 Å². The Kier molecular flexibility index (Phi) is 3.86. The topological polar surface area (TPSA) is 32.3 Å². The highest BCUT2D eigenvalue weighted by molar-refractivity contribution is 5.44. The summed E-state index contributed by atoms with van der Waals surface area (Å²) in [6, 6.07) is 17.5. The van der Waals surface area contributed by atoms with Crippen LogP contribution in [0.1, 0.15) is 35.2 Å². The van der Waals surface area contributed by atoms with Gasteiger partial charge >= 0.3 is 0 Å². The summed E-state index contributed by atoms with van der Waals surface area (Å²) < 4.78 is 0. The van der Waals surface area contributed by atoms with E-state index < -0.39 is 0 Å². The van der Waals surface area contributed by atoms with E-state index in [0.29, 0.717) is 6.54 Å². The van der Waals surface area contributed by atoms with Crippen molar-refractivity contribution in [2.45, 2.75) is 31.9 Å². The molecule has 2 nitrogen and oxygen atoms in total. The molecule has 2 heteroatoms. The van der Waals surface area contributed by atoms with Crippen molar-refractivity contribution in [1.29, 1.82) is 0 Å². The molecule has 0 spiro atoms. The minimum atomic E-state index is -0.336. The third kappa shape index (κ3) is 2.62. The summed E-state index contributed by atoms with van der Waals surface area (Å²) >= 11 is 0. The smallest absolute Gasteiger partial charge is 0.0636 e. The fourth-order valence-corrected chi connectivity index (χ4v) is 3.03. The van der Waals surface area contributed by atoms with Crippen LogP contribution < -0.4 is 5.32 Å². The lowest BCUT2D eigenvalue weighted by Gasteiger charge is -2.22. The Hall–Kier alpha value is -1.64. The van der Waals surface area contributed by atoms with Gasteiger partial charge in [-0.1, -0.05) is 48.5 Å².